The Kier molecular flexibility index (Phi) is 11.3. The highest BCUT2D eigenvalue weighted by molar-refractivity contribution is 7.75. The summed E-state index contributed by atoms with van der Waals surface area (Å²) in [6.07, 6.45) is 8.60. The molecule has 0 aromatic carbocycles. The Bertz CT molecular complexity index is 152. The van der Waals surface area contributed by atoms with Crippen molar-refractivity contribution >= 4 is 15.8 Å². The molecule has 0 aliphatic carbocycles. The molecule has 4 atom stereocenters. The summed E-state index contributed by atoms with van der Waals surface area (Å²) in [4.78, 5) is 0. The Morgan fingerprint density at radius 1 is 0.706 bits per heavy atom. The fourth-order valence-electron chi connectivity index (χ4n) is 2.19. The van der Waals surface area contributed by atoms with E-state index < -0.39 is 0 Å². The molecule has 0 radical (unpaired) electrons. The zero-order chi connectivity index (χ0) is 13.3. The van der Waals surface area contributed by atoms with E-state index in [4.69, 9.17) is 0 Å². The zero-order valence-electron chi connectivity index (χ0n) is 13.0. The van der Waals surface area contributed by atoms with E-state index in [1.54, 1.807) is 5.90 Å². The van der Waals surface area contributed by atoms with E-state index in [0.29, 0.717) is 15.8 Å². The number of rotatable bonds is 10. The number of hydrogen-bond acceptors (Lipinski definition) is 0. The highest BCUT2D eigenvalue weighted by Gasteiger charge is 2.21. The summed E-state index contributed by atoms with van der Waals surface area (Å²) in [6.45, 7) is 14.5. The maximum absolute atomic E-state index is 2.50. The molecular formula is C15H34P2. The standard InChI is InChI=1S/C15H34P2/c1-7-11-16(14(5)9-3)13-17(12-8-2)15(6)10-4/h14-15H,7-13H2,1-6H3. The summed E-state index contributed by atoms with van der Waals surface area (Å²) in [5.41, 5.74) is 1.99. The molecule has 0 aromatic heterocycles. The van der Waals surface area contributed by atoms with E-state index >= 15 is 0 Å². The van der Waals surface area contributed by atoms with Crippen molar-refractivity contribution < 1.29 is 0 Å². The molecule has 2 heteroatoms. The van der Waals surface area contributed by atoms with Crippen LogP contribution in [0.3, 0.4) is 0 Å². The monoisotopic (exact) mass is 276 g/mol. The van der Waals surface area contributed by atoms with Gasteiger partial charge in [0.2, 0.25) is 0 Å². The summed E-state index contributed by atoms with van der Waals surface area (Å²) in [7, 11) is 0.635. The van der Waals surface area contributed by atoms with Gasteiger partial charge in [0.05, 0.1) is 0 Å². The first-order chi connectivity index (χ1) is 8.10. The van der Waals surface area contributed by atoms with Crippen molar-refractivity contribution in [2.24, 2.45) is 0 Å². The summed E-state index contributed by atoms with van der Waals surface area (Å²) in [6, 6.07) is 0. The van der Waals surface area contributed by atoms with Crippen LogP contribution in [0.4, 0.5) is 0 Å². The summed E-state index contributed by atoms with van der Waals surface area (Å²) in [5.74, 6) is 1.61. The van der Waals surface area contributed by atoms with Crippen LogP contribution >= 0.6 is 15.8 Å². The minimum atomic E-state index is 0.318. The lowest BCUT2D eigenvalue weighted by Crippen LogP contribution is -2.09. The highest BCUT2D eigenvalue weighted by Crippen LogP contribution is 2.57. The van der Waals surface area contributed by atoms with Gasteiger partial charge in [-0.15, -0.1) is 0 Å². The number of hydrogen-bond donors (Lipinski definition) is 0. The molecule has 104 valence electrons. The van der Waals surface area contributed by atoms with Crippen molar-refractivity contribution in [3.8, 4) is 0 Å². The summed E-state index contributed by atoms with van der Waals surface area (Å²) >= 11 is 0. The van der Waals surface area contributed by atoms with E-state index in [1.165, 1.54) is 38.0 Å². The maximum Gasteiger partial charge on any atom is -0.0116 e. The van der Waals surface area contributed by atoms with Crippen molar-refractivity contribution in [3.63, 3.8) is 0 Å². The summed E-state index contributed by atoms with van der Waals surface area (Å²) in [5, 5.41) is 0. The fourth-order valence-corrected chi connectivity index (χ4v) is 10.5. The van der Waals surface area contributed by atoms with Crippen LogP contribution in [0, 0.1) is 0 Å². The van der Waals surface area contributed by atoms with Gasteiger partial charge in [0.1, 0.15) is 0 Å². The summed E-state index contributed by atoms with van der Waals surface area (Å²) < 4.78 is 0. The Morgan fingerprint density at radius 2 is 1.06 bits per heavy atom. The average molecular weight is 276 g/mol. The quantitative estimate of drug-likeness (QED) is 0.409. The molecule has 0 bridgehead atoms. The fraction of sp³-hybridized carbons (Fsp3) is 1.00. The second kappa shape index (κ2) is 10.8. The van der Waals surface area contributed by atoms with Gasteiger partial charge in [-0.3, -0.25) is 0 Å². The predicted octanol–water partition coefficient (Wildman–Crippen LogP) is 6.32. The predicted molar refractivity (Wildman–Crippen MR) is 88.5 cm³/mol. The normalized spacial score (nSPS) is 18.7. The smallest absolute Gasteiger partial charge is 0.0116 e. The van der Waals surface area contributed by atoms with Crippen LogP contribution in [0.15, 0.2) is 0 Å². The van der Waals surface area contributed by atoms with Crippen molar-refractivity contribution in [2.75, 3.05) is 18.2 Å². The Labute approximate surface area is 113 Å². The van der Waals surface area contributed by atoms with Gasteiger partial charge in [0, 0.05) is 0 Å². The van der Waals surface area contributed by atoms with Gasteiger partial charge in [-0.2, -0.15) is 0 Å². The Hall–Kier alpha value is 0.860. The van der Waals surface area contributed by atoms with Crippen molar-refractivity contribution in [3.05, 3.63) is 0 Å². The van der Waals surface area contributed by atoms with Gasteiger partial charge in [-0.25, -0.2) is 0 Å². The van der Waals surface area contributed by atoms with Crippen LogP contribution in [0.2, 0.25) is 0 Å². The minimum absolute atomic E-state index is 0.318. The van der Waals surface area contributed by atoms with Gasteiger partial charge in [0.25, 0.3) is 0 Å². The molecular weight excluding hydrogens is 242 g/mol. The van der Waals surface area contributed by atoms with Gasteiger partial charge in [-0.1, -0.05) is 70.2 Å². The molecule has 17 heavy (non-hydrogen) atoms. The molecule has 0 amide bonds. The van der Waals surface area contributed by atoms with Crippen molar-refractivity contribution in [2.45, 2.75) is 78.5 Å². The molecule has 0 fully saturated rings. The van der Waals surface area contributed by atoms with Crippen LogP contribution in [0.1, 0.15) is 67.2 Å². The zero-order valence-corrected chi connectivity index (χ0v) is 14.8. The van der Waals surface area contributed by atoms with E-state index in [2.05, 4.69) is 41.5 Å². The van der Waals surface area contributed by atoms with Gasteiger partial charge < -0.3 is 0 Å². The second-order valence-electron chi connectivity index (χ2n) is 5.28. The minimum Gasteiger partial charge on any atom is -0.0994 e. The molecule has 0 spiro atoms. The third kappa shape index (κ3) is 7.12. The molecule has 0 rings (SSSR count). The largest absolute Gasteiger partial charge is 0.0994 e. The van der Waals surface area contributed by atoms with Gasteiger partial charge in [-0.05, 0) is 42.4 Å². The van der Waals surface area contributed by atoms with Gasteiger partial charge in [0.15, 0.2) is 0 Å². The third-order valence-corrected chi connectivity index (χ3v) is 12.0. The first-order valence-corrected chi connectivity index (χ1v) is 11.1. The van der Waals surface area contributed by atoms with E-state index in [1.807, 2.05) is 0 Å². The first kappa shape index (κ1) is 17.9. The van der Waals surface area contributed by atoms with Crippen LogP contribution in [-0.4, -0.2) is 29.5 Å². The van der Waals surface area contributed by atoms with E-state index in [-0.39, 0.29) is 0 Å². The lowest BCUT2D eigenvalue weighted by molar-refractivity contribution is 0.875. The Balaban J connectivity index is 4.43. The maximum atomic E-state index is 2.50. The van der Waals surface area contributed by atoms with Crippen LogP contribution < -0.4 is 0 Å². The Morgan fingerprint density at radius 3 is 1.29 bits per heavy atom. The molecule has 0 N–H and O–H groups in total. The van der Waals surface area contributed by atoms with Crippen molar-refractivity contribution in [1.82, 2.24) is 0 Å². The SMILES string of the molecule is CCCP(CP(CCC)C(C)CC)C(C)CC. The second-order valence-corrected chi connectivity index (χ2v) is 11.4. The molecule has 0 aromatic rings. The van der Waals surface area contributed by atoms with Crippen LogP contribution in [-0.2, 0) is 0 Å². The lowest BCUT2D eigenvalue weighted by Gasteiger charge is -2.31. The highest BCUT2D eigenvalue weighted by atomic mass is 31.2. The molecule has 0 saturated carbocycles. The first-order valence-electron chi connectivity index (χ1n) is 7.58. The molecule has 0 aliphatic rings. The van der Waals surface area contributed by atoms with Gasteiger partial charge >= 0.3 is 0 Å². The topological polar surface area (TPSA) is 0 Å². The van der Waals surface area contributed by atoms with Crippen molar-refractivity contribution in [1.29, 1.82) is 0 Å². The van der Waals surface area contributed by atoms with E-state index in [0.717, 1.165) is 11.3 Å². The van der Waals surface area contributed by atoms with Crippen LogP contribution in [0.5, 0.6) is 0 Å². The molecule has 0 heterocycles. The molecule has 4 unspecified atom stereocenters. The molecule has 0 nitrogen and oxygen atoms in total. The third-order valence-electron chi connectivity index (χ3n) is 3.81. The lowest BCUT2D eigenvalue weighted by atomic mass is 10.4. The molecule has 0 aliphatic heterocycles. The van der Waals surface area contributed by atoms with E-state index in [9.17, 15) is 0 Å². The molecule has 0 saturated heterocycles. The average Bonchev–Trinajstić information content (AvgIpc) is 2.35. The van der Waals surface area contributed by atoms with Crippen LogP contribution in [0.25, 0.3) is 0 Å².